The monoisotopic (exact) mass is 251 g/mol. The Hall–Kier alpha value is -1.95. The highest BCUT2D eigenvalue weighted by molar-refractivity contribution is 6.33. The number of aromatic nitrogens is 4. The van der Waals surface area contributed by atoms with Gasteiger partial charge in [-0.25, -0.2) is 4.98 Å². The average molecular weight is 252 g/mol. The van der Waals surface area contributed by atoms with E-state index in [1.165, 1.54) is 6.20 Å². The first kappa shape index (κ1) is 11.5. The number of aryl methyl sites for hydroxylation is 1. The van der Waals surface area contributed by atoms with Gasteiger partial charge in [0.05, 0.1) is 16.9 Å². The second-order valence-corrected chi connectivity index (χ2v) is 3.68. The first-order valence-corrected chi connectivity index (χ1v) is 5.40. The van der Waals surface area contributed by atoms with Gasteiger partial charge in [0.15, 0.2) is 0 Å². The molecule has 0 saturated carbocycles. The Bertz CT molecular complexity index is 539. The van der Waals surface area contributed by atoms with Gasteiger partial charge >= 0.3 is 0 Å². The van der Waals surface area contributed by atoms with Crippen LogP contribution in [0.3, 0.4) is 0 Å². The highest BCUT2D eigenvalue weighted by Gasteiger charge is 2.13. The first-order chi connectivity index (χ1) is 8.20. The number of hydrogen-bond acceptors (Lipinski definition) is 4. The van der Waals surface area contributed by atoms with Crippen molar-refractivity contribution in [3.63, 3.8) is 0 Å². The number of amides is 1. The molecule has 2 heterocycles. The van der Waals surface area contributed by atoms with Crippen LogP contribution in [0, 0.1) is 0 Å². The summed E-state index contributed by atoms with van der Waals surface area (Å²) < 4.78 is 0. The number of H-pyrrole nitrogens is 1. The number of carbonyl (C=O) groups is 1. The summed E-state index contributed by atoms with van der Waals surface area (Å²) in [6.07, 6.45) is 3.70. The van der Waals surface area contributed by atoms with Gasteiger partial charge in [0.25, 0.3) is 5.91 Å². The SMILES string of the molecule is CCc1nc(C(=O)Nc2cnccc2Cl)n[nH]1. The molecule has 0 aromatic carbocycles. The Morgan fingerprint density at radius 3 is 3.06 bits per heavy atom. The van der Waals surface area contributed by atoms with Gasteiger partial charge in [-0.05, 0) is 6.07 Å². The van der Waals surface area contributed by atoms with Crippen LogP contribution in [0.15, 0.2) is 18.5 Å². The van der Waals surface area contributed by atoms with E-state index in [0.29, 0.717) is 23.0 Å². The van der Waals surface area contributed by atoms with Gasteiger partial charge in [0.1, 0.15) is 5.82 Å². The van der Waals surface area contributed by atoms with Gasteiger partial charge in [-0.2, -0.15) is 0 Å². The second kappa shape index (κ2) is 4.92. The predicted molar refractivity (Wildman–Crippen MR) is 63.0 cm³/mol. The zero-order valence-electron chi connectivity index (χ0n) is 9.07. The largest absolute Gasteiger partial charge is 0.317 e. The lowest BCUT2D eigenvalue weighted by molar-refractivity contribution is 0.101. The summed E-state index contributed by atoms with van der Waals surface area (Å²) in [5, 5.41) is 9.47. The molecule has 0 bridgehead atoms. The van der Waals surface area contributed by atoms with E-state index < -0.39 is 5.91 Å². The number of pyridine rings is 1. The molecule has 0 spiro atoms. The third-order valence-corrected chi connectivity index (χ3v) is 2.42. The van der Waals surface area contributed by atoms with E-state index in [2.05, 4.69) is 25.5 Å². The molecule has 0 atom stereocenters. The topological polar surface area (TPSA) is 83.6 Å². The quantitative estimate of drug-likeness (QED) is 0.869. The van der Waals surface area contributed by atoms with Crippen LogP contribution in [0.25, 0.3) is 0 Å². The van der Waals surface area contributed by atoms with Crippen LogP contribution in [0.2, 0.25) is 5.02 Å². The lowest BCUT2D eigenvalue weighted by Gasteiger charge is -2.03. The van der Waals surface area contributed by atoms with Crippen molar-refractivity contribution in [3.05, 3.63) is 35.1 Å². The lowest BCUT2D eigenvalue weighted by atomic mass is 10.4. The Morgan fingerprint density at radius 2 is 2.41 bits per heavy atom. The minimum atomic E-state index is -0.421. The molecule has 0 aliphatic rings. The van der Waals surface area contributed by atoms with E-state index in [1.54, 1.807) is 12.3 Å². The number of halogens is 1. The van der Waals surface area contributed by atoms with Gasteiger partial charge in [-0.3, -0.25) is 14.9 Å². The highest BCUT2D eigenvalue weighted by atomic mass is 35.5. The summed E-state index contributed by atoms with van der Waals surface area (Å²) in [4.78, 5) is 19.6. The van der Waals surface area contributed by atoms with Crippen LogP contribution in [-0.4, -0.2) is 26.1 Å². The van der Waals surface area contributed by atoms with Crippen molar-refractivity contribution in [1.82, 2.24) is 20.2 Å². The lowest BCUT2D eigenvalue weighted by Crippen LogP contribution is -2.14. The Kier molecular flexibility index (Phi) is 3.34. The van der Waals surface area contributed by atoms with Crippen LogP contribution in [0.5, 0.6) is 0 Å². The summed E-state index contributed by atoms with van der Waals surface area (Å²) in [5.41, 5.74) is 0.432. The summed E-state index contributed by atoms with van der Waals surface area (Å²) in [6, 6.07) is 1.59. The van der Waals surface area contributed by atoms with Crippen LogP contribution in [0.1, 0.15) is 23.4 Å². The molecule has 0 saturated heterocycles. The molecule has 0 fully saturated rings. The van der Waals surface area contributed by atoms with Crippen molar-refractivity contribution < 1.29 is 4.79 Å². The smallest absolute Gasteiger partial charge is 0.295 e. The van der Waals surface area contributed by atoms with Crippen molar-refractivity contribution in [1.29, 1.82) is 0 Å². The fourth-order valence-electron chi connectivity index (χ4n) is 1.20. The molecular weight excluding hydrogens is 242 g/mol. The van der Waals surface area contributed by atoms with Crippen molar-refractivity contribution in [2.45, 2.75) is 13.3 Å². The molecule has 1 amide bonds. The highest BCUT2D eigenvalue weighted by Crippen LogP contribution is 2.19. The third kappa shape index (κ3) is 2.59. The zero-order chi connectivity index (χ0) is 12.3. The summed E-state index contributed by atoms with van der Waals surface area (Å²) in [7, 11) is 0. The fourth-order valence-corrected chi connectivity index (χ4v) is 1.36. The van der Waals surface area contributed by atoms with Crippen molar-refractivity contribution >= 4 is 23.2 Å². The van der Waals surface area contributed by atoms with E-state index in [4.69, 9.17) is 11.6 Å². The molecule has 0 radical (unpaired) electrons. The van der Waals surface area contributed by atoms with E-state index in [1.807, 2.05) is 6.92 Å². The van der Waals surface area contributed by atoms with Crippen molar-refractivity contribution in [3.8, 4) is 0 Å². The predicted octanol–water partition coefficient (Wildman–Crippen LogP) is 1.67. The van der Waals surface area contributed by atoms with Gasteiger partial charge in [0.2, 0.25) is 5.82 Å². The minimum absolute atomic E-state index is 0.0850. The molecule has 7 heteroatoms. The summed E-state index contributed by atoms with van der Waals surface area (Å²) >= 11 is 5.88. The second-order valence-electron chi connectivity index (χ2n) is 3.27. The number of aromatic amines is 1. The number of nitrogens with zero attached hydrogens (tertiary/aromatic N) is 3. The molecule has 0 unspecified atom stereocenters. The summed E-state index contributed by atoms with van der Waals surface area (Å²) in [6.45, 7) is 1.92. The Balaban J connectivity index is 2.14. The minimum Gasteiger partial charge on any atom is -0.317 e. The maximum absolute atomic E-state index is 11.8. The number of hydrogen-bond donors (Lipinski definition) is 2. The standard InChI is InChI=1S/C10H10ClN5O/c1-2-8-14-9(16-15-8)10(17)13-7-5-12-4-3-6(7)11/h3-5H,2H2,1H3,(H,13,17)(H,14,15,16). The van der Waals surface area contributed by atoms with Crippen LogP contribution < -0.4 is 5.32 Å². The number of rotatable bonds is 3. The van der Waals surface area contributed by atoms with Gasteiger partial charge in [0, 0.05) is 12.6 Å². The van der Waals surface area contributed by atoms with Crippen molar-refractivity contribution in [2.75, 3.05) is 5.32 Å². The zero-order valence-corrected chi connectivity index (χ0v) is 9.82. The summed E-state index contributed by atoms with van der Waals surface area (Å²) in [5.74, 6) is 0.324. The molecule has 17 heavy (non-hydrogen) atoms. The van der Waals surface area contributed by atoms with Crippen molar-refractivity contribution in [2.24, 2.45) is 0 Å². The Labute approximate surface area is 102 Å². The van der Waals surface area contributed by atoms with Gasteiger partial charge < -0.3 is 5.32 Å². The molecule has 2 aromatic heterocycles. The van der Waals surface area contributed by atoms with Crippen LogP contribution in [0.4, 0.5) is 5.69 Å². The molecule has 88 valence electrons. The fraction of sp³-hybridized carbons (Fsp3) is 0.200. The molecule has 6 nitrogen and oxygen atoms in total. The third-order valence-electron chi connectivity index (χ3n) is 2.09. The Morgan fingerprint density at radius 1 is 1.59 bits per heavy atom. The van der Waals surface area contributed by atoms with E-state index in [0.717, 1.165) is 0 Å². The molecule has 2 aromatic rings. The van der Waals surface area contributed by atoms with Crippen LogP contribution in [-0.2, 0) is 6.42 Å². The first-order valence-electron chi connectivity index (χ1n) is 5.03. The number of anilines is 1. The van der Waals surface area contributed by atoms with Gasteiger partial charge in [-0.1, -0.05) is 18.5 Å². The molecule has 2 rings (SSSR count). The molecular formula is C10H10ClN5O. The van der Waals surface area contributed by atoms with Gasteiger partial charge in [-0.15, -0.1) is 5.10 Å². The maximum atomic E-state index is 11.8. The van der Waals surface area contributed by atoms with Crippen LogP contribution >= 0.6 is 11.6 Å². The number of carbonyl (C=O) groups excluding carboxylic acids is 1. The maximum Gasteiger partial charge on any atom is 0.295 e. The normalized spacial score (nSPS) is 10.2. The molecule has 0 aliphatic carbocycles. The molecule has 0 aliphatic heterocycles. The van der Waals surface area contributed by atoms with E-state index >= 15 is 0 Å². The van der Waals surface area contributed by atoms with E-state index in [-0.39, 0.29) is 5.82 Å². The average Bonchev–Trinajstić information content (AvgIpc) is 2.81. The number of nitrogens with one attached hydrogen (secondary N) is 2. The molecule has 2 N–H and O–H groups in total. The van der Waals surface area contributed by atoms with E-state index in [9.17, 15) is 4.79 Å².